The normalized spacial score (nSPS) is 16.5. The molecule has 3 aromatic rings. The van der Waals surface area contributed by atoms with E-state index in [9.17, 15) is 19.5 Å². The fourth-order valence-electron chi connectivity index (χ4n) is 5.06. The molecule has 2 amide bonds. The third kappa shape index (κ3) is 10.3. The number of aliphatic hydroxyl groups is 2. The van der Waals surface area contributed by atoms with Crippen LogP contribution in [0.3, 0.4) is 0 Å². The summed E-state index contributed by atoms with van der Waals surface area (Å²) >= 11 is 19.3. The Morgan fingerprint density at radius 3 is 2.54 bits per heavy atom. The summed E-state index contributed by atoms with van der Waals surface area (Å²) in [5.74, 6) is -0.757. The second kappa shape index (κ2) is 18.1. The first kappa shape index (κ1) is 37.7. The number of esters is 1. The molecule has 11 nitrogen and oxygen atoms in total. The molecule has 15 heteroatoms. The van der Waals surface area contributed by atoms with Crippen molar-refractivity contribution in [2.24, 2.45) is 0 Å². The maximum Gasteiger partial charge on any atom is 0.338 e. The quantitative estimate of drug-likeness (QED) is 0.115. The largest absolute Gasteiger partial charge is 0.492 e. The van der Waals surface area contributed by atoms with Crippen molar-refractivity contribution in [2.45, 2.75) is 12.5 Å². The highest BCUT2D eigenvalue weighted by Gasteiger charge is 2.32. The van der Waals surface area contributed by atoms with Crippen molar-refractivity contribution < 1.29 is 38.8 Å². The molecule has 2 aliphatic rings. The predicted octanol–water partition coefficient (Wildman–Crippen LogP) is 5.11. The van der Waals surface area contributed by atoms with Crippen LogP contribution < -0.4 is 10.1 Å². The zero-order chi connectivity index (χ0) is 35.6. The van der Waals surface area contributed by atoms with Crippen molar-refractivity contribution in [3.05, 3.63) is 86.7 Å². The van der Waals surface area contributed by atoms with Gasteiger partial charge in [-0.25, -0.2) is 4.79 Å². The summed E-state index contributed by atoms with van der Waals surface area (Å²) in [6.45, 7) is 3.43. The number of nitrogens with one attached hydrogen (secondary N) is 1. The Bertz CT molecular complexity index is 1750. The summed E-state index contributed by atoms with van der Waals surface area (Å²) in [7, 11) is 0. The van der Waals surface area contributed by atoms with Crippen molar-refractivity contribution in [3.8, 4) is 16.9 Å². The summed E-state index contributed by atoms with van der Waals surface area (Å²) in [6.07, 6.45) is 0.558. The predicted molar refractivity (Wildman–Crippen MR) is 198 cm³/mol. The lowest BCUT2D eigenvalue weighted by Gasteiger charge is -2.26. The number of thiocarbonyl (C=S) groups is 1. The summed E-state index contributed by atoms with van der Waals surface area (Å²) in [6, 6.07) is 16.9. The maximum atomic E-state index is 13.5. The highest BCUT2D eigenvalue weighted by molar-refractivity contribution is 8.26. The topological polar surface area (TPSA) is 138 Å². The van der Waals surface area contributed by atoms with Gasteiger partial charge >= 0.3 is 5.97 Å². The van der Waals surface area contributed by atoms with Crippen LogP contribution in [0.2, 0.25) is 10.0 Å². The Hall–Kier alpha value is -3.53. The average molecular weight is 761 g/mol. The SMILES string of the molecule is O=C(CCN1C(=O)/C(=C/c2cc(-c3ccc(Cl)cc3Cl)ccc2OCCN2CCOCC2)SC1=S)Nc1ccc(C(=O)OCC(O)CO)cc1. The van der Waals surface area contributed by atoms with Gasteiger partial charge in [-0.2, -0.15) is 0 Å². The lowest BCUT2D eigenvalue weighted by molar-refractivity contribution is -0.122. The molecule has 2 heterocycles. The molecule has 2 aliphatic heterocycles. The Morgan fingerprint density at radius 1 is 1.06 bits per heavy atom. The standard InChI is InChI=1S/C35H35Cl2N3O8S2/c36-25-4-7-28(29(37)19-25)23-3-8-30(47-16-13-39-11-14-46-15-12-39)24(17-23)18-31-33(44)40(35(49)50-31)10-9-32(43)38-26-5-1-22(2-6-26)34(45)48-21-27(42)20-41/h1-8,17-19,27,41-42H,9-16,20-21H2,(H,38,43)/b31-18-. The molecule has 0 radical (unpaired) electrons. The van der Waals surface area contributed by atoms with Crippen molar-refractivity contribution in [1.29, 1.82) is 0 Å². The lowest BCUT2D eigenvalue weighted by Crippen LogP contribution is -2.38. The maximum absolute atomic E-state index is 13.5. The third-order valence-corrected chi connectivity index (χ3v) is 9.69. The second-order valence-corrected chi connectivity index (χ2v) is 13.8. The van der Waals surface area contributed by atoms with Crippen LogP contribution in [-0.2, 0) is 19.1 Å². The Morgan fingerprint density at radius 2 is 1.82 bits per heavy atom. The van der Waals surface area contributed by atoms with E-state index in [-0.39, 0.29) is 37.0 Å². The first-order chi connectivity index (χ1) is 24.1. The van der Waals surface area contributed by atoms with Crippen molar-refractivity contribution in [2.75, 3.05) is 64.5 Å². The van der Waals surface area contributed by atoms with Gasteiger partial charge in [-0.15, -0.1) is 0 Å². The summed E-state index contributed by atoms with van der Waals surface area (Å²) in [4.78, 5) is 42.5. The summed E-state index contributed by atoms with van der Waals surface area (Å²) < 4.78 is 16.9. The number of morpholine rings is 1. The first-order valence-corrected chi connectivity index (χ1v) is 17.7. The number of carbonyl (C=O) groups excluding carboxylic acids is 3. The number of anilines is 1. The molecule has 0 aliphatic carbocycles. The number of hydrogen-bond acceptors (Lipinski definition) is 11. The number of rotatable bonds is 14. The molecule has 2 saturated heterocycles. The van der Waals surface area contributed by atoms with Crippen LogP contribution in [0.15, 0.2) is 65.6 Å². The van der Waals surface area contributed by atoms with E-state index < -0.39 is 18.7 Å². The van der Waals surface area contributed by atoms with Gasteiger partial charge in [-0.1, -0.05) is 59.3 Å². The molecule has 0 bridgehead atoms. The zero-order valence-electron chi connectivity index (χ0n) is 26.8. The number of thioether (sulfide) groups is 1. The van der Waals surface area contributed by atoms with Gasteiger partial charge in [-0.3, -0.25) is 19.4 Å². The van der Waals surface area contributed by atoms with E-state index in [1.807, 2.05) is 24.3 Å². The lowest BCUT2D eigenvalue weighted by atomic mass is 10.0. The Labute approximate surface area is 309 Å². The zero-order valence-corrected chi connectivity index (χ0v) is 30.0. The Kier molecular flexibility index (Phi) is 13.7. The number of benzene rings is 3. The smallest absolute Gasteiger partial charge is 0.338 e. The van der Waals surface area contributed by atoms with Gasteiger partial charge in [0.2, 0.25) is 5.91 Å². The molecule has 0 spiro atoms. The molecule has 50 heavy (non-hydrogen) atoms. The molecule has 1 unspecified atom stereocenters. The minimum Gasteiger partial charge on any atom is -0.492 e. The molecular formula is C35H35Cl2N3O8S2. The number of aliphatic hydroxyl groups excluding tert-OH is 2. The Balaban J connectivity index is 1.24. The van der Waals surface area contributed by atoms with Gasteiger partial charge in [0.25, 0.3) is 5.91 Å². The van der Waals surface area contributed by atoms with Crippen LogP contribution in [0, 0.1) is 0 Å². The van der Waals surface area contributed by atoms with Crippen molar-refractivity contribution >= 4 is 81.0 Å². The van der Waals surface area contributed by atoms with Crippen LogP contribution in [0.4, 0.5) is 5.69 Å². The number of amides is 2. The molecule has 3 N–H and O–H groups in total. The second-order valence-electron chi connectivity index (χ2n) is 11.3. The number of nitrogens with zero attached hydrogens (tertiary/aromatic N) is 2. The van der Waals surface area contributed by atoms with Gasteiger partial charge < -0.3 is 29.7 Å². The van der Waals surface area contributed by atoms with E-state index in [2.05, 4.69) is 10.2 Å². The molecule has 0 aromatic heterocycles. The molecule has 3 aromatic carbocycles. The number of halogens is 2. The fourth-order valence-corrected chi connectivity index (χ4v) is 6.88. The van der Waals surface area contributed by atoms with E-state index in [1.54, 1.807) is 18.2 Å². The van der Waals surface area contributed by atoms with E-state index in [1.165, 1.54) is 29.2 Å². The highest BCUT2D eigenvalue weighted by Crippen LogP contribution is 2.37. The van der Waals surface area contributed by atoms with E-state index in [0.29, 0.717) is 56.1 Å². The average Bonchev–Trinajstić information content (AvgIpc) is 3.38. The molecule has 1 atom stereocenters. The molecule has 0 saturated carbocycles. The van der Waals surface area contributed by atoms with Crippen LogP contribution >= 0.6 is 47.2 Å². The van der Waals surface area contributed by atoms with E-state index in [4.69, 9.17) is 54.7 Å². The van der Waals surface area contributed by atoms with Crippen LogP contribution in [0.5, 0.6) is 5.75 Å². The van der Waals surface area contributed by atoms with Crippen molar-refractivity contribution in [1.82, 2.24) is 9.80 Å². The number of carbonyl (C=O) groups is 3. The summed E-state index contributed by atoms with van der Waals surface area (Å²) in [5, 5.41) is 22.0. The van der Waals surface area contributed by atoms with Gasteiger partial charge in [0, 0.05) is 59.5 Å². The summed E-state index contributed by atoms with van der Waals surface area (Å²) in [5.41, 5.74) is 2.91. The van der Waals surface area contributed by atoms with Gasteiger partial charge in [0.15, 0.2) is 0 Å². The van der Waals surface area contributed by atoms with Crippen LogP contribution in [0.25, 0.3) is 17.2 Å². The van der Waals surface area contributed by atoms with E-state index in [0.717, 1.165) is 42.5 Å². The third-order valence-electron chi connectivity index (χ3n) is 7.77. The molecule has 5 rings (SSSR count). The molecular weight excluding hydrogens is 725 g/mol. The highest BCUT2D eigenvalue weighted by atomic mass is 35.5. The number of ether oxygens (including phenoxy) is 3. The molecule has 2 fully saturated rings. The minimum absolute atomic E-state index is 0.0248. The van der Waals surface area contributed by atoms with Crippen LogP contribution in [0.1, 0.15) is 22.3 Å². The fraction of sp³-hybridized carbons (Fsp3) is 0.314. The van der Waals surface area contributed by atoms with Crippen molar-refractivity contribution in [3.63, 3.8) is 0 Å². The van der Waals surface area contributed by atoms with Crippen LogP contribution in [-0.4, -0.2) is 107 Å². The van der Waals surface area contributed by atoms with Gasteiger partial charge in [0.1, 0.15) is 29.4 Å². The minimum atomic E-state index is -1.16. The van der Waals surface area contributed by atoms with E-state index >= 15 is 0 Å². The monoisotopic (exact) mass is 759 g/mol. The van der Waals surface area contributed by atoms with Gasteiger partial charge in [-0.05, 0) is 60.2 Å². The van der Waals surface area contributed by atoms with Gasteiger partial charge in [0.05, 0.1) is 30.3 Å². The first-order valence-electron chi connectivity index (χ1n) is 15.7. The number of hydrogen-bond donors (Lipinski definition) is 3. The molecule has 264 valence electrons.